The fourth-order valence-corrected chi connectivity index (χ4v) is 3.32. The molecule has 28 heavy (non-hydrogen) atoms. The molecule has 8 nitrogen and oxygen atoms in total. The summed E-state index contributed by atoms with van der Waals surface area (Å²) in [5.41, 5.74) is 0.268. The van der Waals surface area contributed by atoms with Gasteiger partial charge in [-0.1, -0.05) is 0 Å². The van der Waals surface area contributed by atoms with Crippen molar-refractivity contribution in [2.75, 3.05) is 26.4 Å². The SMILES string of the molecule is O=C(CNS(=O)(=O)c1ccc(F)cc1)OCC(=O)c1ccc2c(c1)OCCO2. The van der Waals surface area contributed by atoms with E-state index in [1.54, 1.807) is 6.07 Å². The summed E-state index contributed by atoms with van der Waals surface area (Å²) >= 11 is 0. The van der Waals surface area contributed by atoms with Crippen LogP contribution in [0.25, 0.3) is 0 Å². The van der Waals surface area contributed by atoms with Crippen LogP contribution in [0.15, 0.2) is 47.4 Å². The number of ketones is 1. The van der Waals surface area contributed by atoms with Crippen molar-refractivity contribution < 1.29 is 36.6 Å². The number of sulfonamides is 1. The molecule has 0 unspecified atom stereocenters. The molecule has 1 aliphatic rings. The molecule has 1 N–H and O–H groups in total. The number of fused-ring (bicyclic) bond motifs is 1. The molecule has 0 saturated heterocycles. The third-order valence-corrected chi connectivity index (χ3v) is 5.18. The summed E-state index contributed by atoms with van der Waals surface area (Å²) in [6.07, 6.45) is 0. The number of Topliss-reactive ketones (excluding diaryl/α,β-unsaturated/α-hetero) is 1. The van der Waals surface area contributed by atoms with Gasteiger partial charge in [-0.15, -0.1) is 0 Å². The monoisotopic (exact) mass is 409 g/mol. The smallest absolute Gasteiger partial charge is 0.321 e. The minimum Gasteiger partial charge on any atom is -0.486 e. The molecule has 3 rings (SSSR count). The number of rotatable bonds is 7. The van der Waals surface area contributed by atoms with E-state index in [4.69, 9.17) is 14.2 Å². The molecule has 0 aliphatic carbocycles. The number of carbonyl (C=O) groups excluding carboxylic acids is 2. The normalized spacial score (nSPS) is 13.0. The van der Waals surface area contributed by atoms with Gasteiger partial charge in [0.15, 0.2) is 23.9 Å². The summed E-state index contributed by atoms with van der Waals surface area (Å²) in [6.45, 7) is -0.440. The van der Waals surface area contributed by atoms with Gasteiger partial charge in [-0.3, -0.25) is 9.59 Å². The van der Waals surface area contributed by atoms with Crippen LogP contribution in [-0.2, 0) is 19.6 Å². The van der Waals surface area contributed by atoms with Gasteiger partial charge in [0.05, 0.1) is 4.90 Å². The van der Waals surface area contributed by atoms with Crippen molar-refractivity contribution in [3.63, 3.8) is 0 Å². The summed E-state index contributed by atoms with van der Waals surface area (Å²) in [5.74, 6) is -1.05. The third-order valence-electron chi connectivity index (χ3n) is 3.76. The number of hydrogen-bond acceptors (Lipinski definition) is 7. The number of hydrogen-bond donors (Lipinski definition) is 1. The highest BCUT2D eigenvalue weighted by Gasteiger charge is 2.18. The van der Waals surface area contributed by atoms with Crippen molar-refractivity contribution in [1.29, 1.82) is 0 Å². The topological polar surface area (TPSA) is 108 Å². The fraction of sp³-hybridized carbons (Fsp3) is 0.222. The zero-order chi connectivity index (χ0) is 20.1. The largest absolute Gasteiger partial charge is 0.486 e. The molecule has 2 aromatic rings. The van der Waals surface area contributed by atoms with Gasteiger partial charge in [-0.2, -0.15) is 4.72 Å². The van der Waals surface area contributed by atoms with Gasteiger partial charge >= 0.3 is 5.97 Å². The molecule has 1 aliphatic heterocycles. The Hall–Kier alpha value is -2.98. The van der Waals surface area contributed by atoms with Crippen molar-refractivity contribution in [2.24, 2.45) is 0 Å². The molecule has 1 heterocycles. The summed E-state index contributed by atoms with van der Waals surface area (Å²) in [6, 6.07) is 8.68. The van der Waals surface area contributed by atoms with E-state index < -0.39 is 40.7 Å². The van der Waals surface area contributed by atoms with Gasteiger partial charge in [0.2, 0.25) is 10.0 Å². The van der Waals surface area contributed by atoms with Crippen LogP contribution < -0.4 is 14.2 Å². The number of esters is 1. The van der Waals surface area contributed by atoms with E-state index in [-0.39, 0.29) is 10.5 Å². The Morgan fingerprint density at radius 3 is 2.43 bits per heavy atom. The Balaban J connectivity index is 1.51. The molecule has 2 aromatic carbocycles. The van der Waals surface area contributed by atoms with Gasteiger partial charge in [-0.05, 0) is 42.5 Å². The molecule has 0 atom stereocenters. The quantitative estimate of drug-likeness (QED) is 0.542. The Bertz CT molecular complexity index is 989. The maximum atomic E-state index is 12.9. The molecule has 0 saturated carbocycles. The second-order valence-electron chi connectivity index (χ2n) is 5.72. The van der Waals surface area contributed by atoms with E-state index in [1.807, 2.05) is 4.72 Å². The minimum absolute atomic E-state index is 0.200. The van der Waals surface area contributed by atoms with Crippen LogP contribution in [-0.4, -0.2) is 46.5 Å². The highest BCUT2D eigenvalue weighted by atomic mass is 32.2. The van der Waals surface area contributed by atoms with E-state index in [0.29, 0.717) is 24.7 Å². The van der Waals surface area contributed by atoms with Gasteiger partial charge in [0.25, 0.3) is 0 Å². The van der Waals surface area contributed by atoms with Crippen LogP contribution in [0.4, 0.5) is 4.39 Å². The van der Waals surface area contributed by atoms with Gasteiger partial charge in [0.1, 0.15) is 25.6 Å². The van der Waals surface area contributed by atoms with E-state index >= 15 is 0 Å². The summed E-state index contributed by atoms with van der Waals surface area (Å²) in [4.78, 5) is 23.7. The average Bonchev–Trinajstić information content (AvgIpc) is 2.70. The third kappa shape index (κ3) is 4.84. The summed E-state index contributed by atoms with van der Waals surface area (Å²) in [5, 5.41) is 0. The number of nitrogens with one attached hydrogen (secondary N) is 1. The van der Waals surface area contributed by atoms with Crippen molar-refractivity contribution in [1.82, 2.24) is 4.72 Å². The predicted molar refractivity (Wildman–Crippen MR) is 94.3 cm³/mol. The average molecular weight is 409 g/mol. The van der Waals surface area contributed by atoms with Gasteiger partial charge < -0.3 is 14.2 Å². The first-order valence-electron chi connectivity index (χ1n) is 8.19. The van der Waals surface area contributed by atoms with E-state index in [1.165, 1.54) is 12.1 Å². The molecule has 148 valence electrons. The summed E-state index contributed by atoms with van der Waals surface area (Å²) in [7, 11) is -4.01. The Labute approximate surface area is 160 Å². The lowest BCUT2D eigenvalue weighted by molar-refractivity contribution is -0.141. The molecular formula is C18H16FNO7S. The van der Waals surface area contributed by atoms with Crippen LogP contribution in [0, 0.1) is 5.82 Å². The Morgan fingerprint density at radius 1 is 1.04 bits per heavy atom. The zero-order valence-corrected chi connectivity index (χ0v) is 15.3. The molecular weight excluding hydrogens is 393 g/mol. The highest BCUT2D eigenvalue weighted by Crippen LogP contribution is 2.30. The Kier molecular flexibility index (Phi) is 5.90. The summed E-state index contributed by atoms with van der Waals surface area (Å²) < 4.78 is 54.4. The first kappa shape index (κ1) is 19.8. The highest BCUT2D eigenvalue weighted by molar-refractivity contribution is 7.89. The first-order valence-corrected chi connectivity index (χ1v) is 9.67. The number of benzene rings is 2. The molecule has 0 spiro atoms. The molecule has 0 amide bonds. The van der Waals surface area contributed by atoms with Gasteiger partial charge in [0, 0.05) is 5.56 Å². The minimum atomic E-state index is -4.01. The van der Waals surface area contributed by atoms with Crippen LogP contribution in [0.3, 0.4) is 0 Å². The van der Waals surface area contributed by atoms with Crippen molar-refractivity contribution >= 4 is 21.8 Å². The molecule has 0 radical (unpaired) electrons. The maximum Gasteiger partial charge on any atom is 0.321 e. The second kappa shape index (κ2) is 8.36. The van der Waals surface area contributed by atoms with Crippen molar-refractivity contribution in [3.8, 4) is 11.5 Å². The van der Waals surface area contributed by atoms with Crippen molar-refractivity contribution in [2.45, 2.75) is 4.90 Å². The Morgan fingerprint density at radius 2 is 1.71 bits per heavy atom. The van der Waals surface area contributed by atoms with Crippen LogP contribution >= 0.6 is 0 Å². The van der Waals surface area contributed by atoms with E-state index in [9.17, 15) is 22.4 Å². The maximum absolute atomic E-state index is 12.9. The lowest BCUT2D eigenvalue weighted by atomic mass is 10.1. The molecule has 10 heteroatoms. The number of ether oxygens (including phenoxy) is 3. The first-order chi connectivity index (χ1) is 13.3. The molecule has 0 fully saturated rings. The standard InChI is InChI=1S/C18H16FNO7S/c19-13-2-4-14(5-3-13)28(23,24)20-10-18(22)27-11-15(21)12-1-6-16-17(9-12)26-8-7-25-16/h1-6,9,20H,7-8,10-11H2. The van der Waals surface area contributed by atoms with Gasteiger partial charge in [-0.25, -0.2) is 12.8 Å². The lowest BCUT2D eigenvalue weighted by Gasteiger charge is -2.18. The predicted octanol–water partition coefficient (Wildman–Crippen LogP) is 1.30. The van der Waals surface area contributed by atoms with E-state index in [2.05, 4.69) is 0 Å². The second-order valence-corrected chi connectivity index (χ2v) is 7.49. The van der Waals surface area contributed by atoms with Crippen LogP contribution in [0.1, 0.15) is 10.4 Å². The van der Waals surface area contributed by atoms with Crippen molar-refractivity contribution in [3.05, 3.63) is 53.8 Å². The number of carbonyl (C=O) groups is 2. The fourth-order valence-electron chi connectivity index (χ4n) is 2.35. The van der Waals surface area contributed by atoms with Crippen LogP contribution in [0.2, 0.25) is 0 Å². The lowest BCUT2D eigenvalue weighted by Crippen LogP contribution is -2.31. The molecule has 0 aromatic heterocycles. The van der Waals surface area contributed by atoms with E-state index in [0.717, 1.165) is 24.3 Å². The number of halogens is 1. The molecule has 0 bridgehead atoms. The van der Waals surface area contributed by atoms with Crippen LogP contribution in [0.5, 0.6) is 11.5 Å². The zero-order valence-electron chi connectivity index (χ0n) is 14.5.